The van der Waals surface area contributed by atoms with Crippen molar-refractivity contribution < 1.29 is 9.47 Å². The van der Waals surface area contributed by atoms with E-state index in [0.29, 0.717) is 6.61 Å². The number of pyridine rings is 1. The van der Waals surface area contributed by atoms with Crippen LogP contribution in [0.25, 0.3) is 10.9 Å². The van der Waals surface area contributed by atoms with Gasteiger partial charge in [-0.2, -0.15) is 0 Å². The number of aryl methyl sites for hydroxylation is 1. The summed E-state index contributed by atoms with van der Waals surface area (Å²) in [4.78, 5) is 7.19. The molecular weight excluding hydrogens is 288 g/mol. The van der Waals surface area contributed by atoms with Crippen LogP contribution in [0.5, 0.6) is 5.75 Å². The number of hydrogen-bond acceptors (Lipinski definition) is 4. The lowest BCUT2D eigenvalue weighted by molar-refractivity contribution is 0.0680. The van der Waals surface area contributed by atoms with Gasteiger partial charge in [-0.1, -0.05) is 0 Å². The molecule has 2 aromatic rings. The minimum atomic E-state index is 0.247. The van der Waals surface area contributed by atoms with Crippen molar-refractivity contribution in [1.82, 2.24) is 4.98 Å². The van der Waals surface area contributed by atoms with Crippen LogP contribution in [0.1, 0.15) is 31.4 Å². The molecule has 2 aliphatic rings. The summed E-state index contributed by atoms with van der Waals surface area (Å²) in [5.41, 5.74) is 3.41. The summed E-state index contributed by atoms with van der Waals surface area (Å²) < 4.78 is 11.5. The van der Waals surface area contributed by atoms with Crippen LogP contribution in [0.2, 0.25) is 0 Å². The Balaban J connectivity index is 1.60. The van der Waals surface area contributed by atoms with Crippen LogP contribution in [-0.4, -0.2) is 37.4 Å². The van der Waals surface area contributed by atoms with Gasteiger partial charge in [0.15, 0.2) is 0 Å². The van der Waals surface area contributed by atoms with Crippen LogP contribution in [0, 0.1) is 6.92 Å². The van der Waals surface area contributed by atoms with Crippen molar-refractivity contribution in [2.75, 3.05) is 31.2 Å². The van der Waals surface area contributed by atoms with E-state index in [4.69, 9.17) is 14.5 Å². The lowest BCUT2D eigenvalue weighted by Crippen LogP contribution is -2.18. The first-order chi connectivity index (χ1) is 11.3. The van der Waals surface area contributed by atoms with Crippen LogP contribution in [0.15, 0.2) is 24.3 Å². The summed E-state index contributed by atoms with van der Waals surface area (Å²) in [6.45, 7) is 5.87. The molecule has 122 valence electrons. The standard InChI is InChI=1S/C19H24N2O2/c1-14-11-19(21-8-2-3-9-21)17-7-6-15(12-18(17)20-14)23-13-16-5-4-10-22-16/h6-7,11-12,16H,2-5,8-10,13H2,1H3. The third-order valence-electron chi connectivity index (χ3n) is 4.79. The van der Waals surface area contributed by atoms with Crippen LogP contribution < -0.4 is 9.64 Å². The molecular formula is C19H24N2O2. The third-order valence-corrected chi connectivity index (χ3v) is 4.79. The number of rotatable bonds is 4. The maximum Gasteiger partial charge on any atom is 0.121 e. The summed E-state index contributed by atoms with van der Waals surface area (Å²) in [5, 5.41) is 1.22. The Morgan fingerprint density at radius 3 is 2.87 bits per heavy atom. The monoisotopic (exact) mass is 312 g/mol. The summed E-state index contributed by atoms with van der Waals surface area (Å²) >= 11 is 0. The second-order valence-corrected chi connectivity index (χ2v) is 6.60. The molecule has 1 atom stereocenters. The number of nitrogens with zero attached hydrogens (tertiary/aromatic N) is 2. The summed E-state index contributed by atoms with van der Waals surface area (Å²) in [7, 11) is 0. The van der Waals surface area contributed by atoms with Gasteiger partial charge < -0.3 is 14.4 Å². The lowest BCUT2D eigenvalue weighted by Gasteiger charge is -2.20. The molecule has 0 saturated carbocycles. The number of hydrogen-bond donors (Lipinski definition) is 0. The zero-order valence-corrected chi connectivity index (χ0v) is 13.8. The highest BCUT2D eigenvalue weighted by atomic mass is 16.5. The van der Waals surface area contributed by atoms with Crippen molar-refractivity contribution in [1.29, 1.82) is 0 Å². The fourth-order valence-electron chi connectivity index (χ4n) is 3.59. The molecule has 4 heteroatoms. The molecule has 0 bridgehead atoms. The molecule has 3 heterocycles. The molecule has 4 nitrogen and oxygen atoms in total. The quantitative estimate of drug-likeness (QED) is 0.862. The fourth-order valence-corrected chi connectivity index (χ4v) is 3.59. The van der Waals surface area contributed by atoms with Crippen molar-refractivity contribution >= 4 is 16.6 Å². The molecule has 1 unspecified atom stereocenters. The lowest BCUT2D eigenvalue weighted by atomic mass is 10.1. The normalized spacial score (nSPS) is 21.3. The SMILES string of the molecule is Cc1cc(N2CCCC2)c2ccc(OCC3CCCO3)cc2n1. The Hall–Kier alpha value is -1.81. The second-order valence-electron chi connectivity index (χ2n) is 6.60. The van der Waals surface area contributed by atoms with Crippen LogP contribution in [-0.2, 0) is 4.74 Å². The van der Waals surface area contributed by atoms with Gasteiger partial charge in [-0.05, 0) is 50.8 Å². The highest BCUT2D eigenvalue weighted by Crippen LogP contribution is 2.31. The zero-order valence-electron chi connectivity index (χ0n) is 13.8. The van der Waals surface area contributed by atoms with Gasteiger partial charge in [0, 0.05) is 42.5 Å². The Labute approximate surface area is 137 Å². The molecule has 2 fully saturated rings. The second kappa shape index (κ2) is 6.36. The Morgan fingerprint density at radius 2 is 2.09 bits per heavy atom. The molecule has 1 aromatic heterocycles. The molecule has 0 aliphatic carbocycles. The average molecular weight is 312 g/mol. The fraction of sp³-hybridized carbons (Fsp3) is 0.526. The number of fused-ring (bicyclic) bond motifs is 1. The minimum absolute atomic E-state index is 0.247. The van der Waals surface area contributed by atoms with Gasteiger partial charge in [-0.3, -0.25) is 4.98 Å². The number of benzene rings is 1. The van der Waals surface area contributed by atoms with Gasteiger partial charge >= 0.3 is 0 Å². The van der Waals surface area contributed by atoms with E-state index in [0.717, 1.165) is 49.5 Å². The van der Waals surface area contributed by atoms with E-state index < -0.39 is 0 Å². The van der Waals surface area contributed by atoms with E-state index >= 15 is 0 Å². The highest BCUT2D eigenvalue weighted by molar-refractivity contribution is 5.93. The van der Waals surface area contributed by atoms with E-state index in [1.54, 1.807) is 0 Å². The van der Waals surface area contributed by atoms with Crippen LogP contribution in [0.3, 0.4) is 0 Å². The Bertz CT molecular complexity index is 689. The first-order valence-electron chi connectivity index (χ1n) is 8.70. The maximum atomic E-state index is 5.92. The van der Waals surface area contributed by atoms with Crippen molar-refractivity contribution in [2.24, 2.45) is 0 Å². The van der Waals surface area contributed by atoms with Crippen LogP contribution in [0.4, 0.5) is 5.69 Å². The molecule has 0 N–H and O–H groups in total. The molecule has 0 spiro atoms. The van der Waals surface area contributed by atoms with Gasteiger partial charge in [-0.25, -0.2) is 0 Å². The molecule has 0 radical (unpaired) electrons. The molecule has 2 aliphatic heterocycles. The van der Waals surface area contributed by atoms with Gasteiger partial charge in [0.1, 0.15) is 12.4 Å². The number of ether oxygens (including phenoxy) is 2. The summed E-state index contributed by atoms with van der Waals surface area (Å²) in [6, 6.07) is 8.49. The Morgan fingerprint density at radius 1 is 1.22 bits per heavy atom. The molecule has 0 amide bonds. The van der Waals surface area contributed by atoms with Crippen molar-refractivity contribution in [3.8, 4) is 5.75 Å². The molecule has 4 rings (SSSR count). The van der Waals surface area contributed by atoms with Gasteiger partial charge in [-0.15, -0.1) is 0 Å². The predicted octanol–water partition coefficient (Wildman–Crippen LogP) is 3.70. The first-order valence-corrected chi connectivity index (χ1v) is 8.70. The summed E-state index contributed by atoms with van der Waals surface area (Å²) in [5.74, 6) is 0.887. The van der Waals surface area contributed by atoms with E-state index in [9.17, 15) is 0 Å². The van der Waals surface area contributed by atoms with Gasteiger partial charge in [0.25, 0.3) is 0 Å². The van der Waals surface area contributed by atoms with Gasteiger partial charge in [0.2, 0.25) is 0 Å². The zero-order chi connectivity index (χ0) is 15.6. The van der Waals surface area contributed by atoms with Crippen molar-refractivity contribution in [3.63, 3.8) is 0 Å². The summed E-state index contributed by atoms with van der Waals surface area (Å²) in [6.07, 6.45) is 5.06. The smallest absolute Gasteiger partial charge is 0.121 e. The maximum absolute atomic E-state index is 5.92. The van der Waals surface area contributed by atoms with E-state index in [2.05, 4.69) is 36.1 Å². The predicted molar refractivity (Wildman–Crippen MR) is 92.4 cm³/mol. The number of anilines is 1. The molecule has 1 aromatic carbocycles. The van der Waals surface area contributed by atoms with Crippen LogP contribution >= 0.6 is 0 Å². The van der Waals surface area contributed by atoms with Gasteiger partial charge in [0.05, 0.1) is 11.6 Å². The largest absolute Gasteiger partial charge is 0.491 e. The average Bonchev–Trinajstić information content (AvgIpc) is 3.25. The third kappa shape index (κ3) is 3.13. The Kier molecular flexibility index (Phi) is 4.08. The number of aromatic nitrogens is 1. The van der Waals surface area contributed by atoms with Crippen molar-refractivity contribution in [2.45, 2.75) is 38.7 Å². The molecule has 2 saturated heterocycles. The van der Waals surface area contributed by atoms with E-state index in [1.807, 2.05) is 0 Å². The minimum Gasteiger partial charge on any atom is -0.491 e. The van der Waals surface area contributed by atoms with E-state index in [-0.39, 0.29) is 6.10 Å². The van der Waals surface area contributed by atoms with Crippen molar-refractivity contribution in [3.05, 3.63) is 30.0 Å². The first kappa shape index (κ1) is 14.8. The van der Waals surface area contributed by atoms with E-state index in [1.165, 1.54) is 23.9 Å². The molecule has 23 heavy (non-hydrogen) atoms. The topological polar surface area (TPSA) is 34.6 Å². The highest BCUT2D eigenvalue weighted by Gasteiger charge is 2.18.